The van der Waals surface area contributed by atoms with E-state index in [2.05, 4.69) is 10.3 Å². The molecule has 0 fully saturated rings. The molecule has 21 heavy (non-hydrogen) atoms. The molecule has 3 N–H and O–H groups in total. The lowest BCUT2D eigenvalue weighted by Crippen LogP contribution is -2.28. The molecule has 2 rings (SSSR count). The largest absolute Gasteiger partial charge is 0.369 e. The van der Waals surface area contributed by atoms with Crippen molar-refractivity contribution in [3.05, 3.63) is 23.0 Å². The highest BCUT2D eigenvalue weighted by Crippen LogP contribution is 2.24. The van der Waals surface area contributed by atoms with Gasteiger partial charge in [0, 0.05) is 25.6 Å². The fourth-order valence-corrected chi connectivity index (χ4v) is 2.15. The van der Waals surface area contributed by atoms with Gasteiger partial charge in [-0.25, -0.2) is 9.37 Å². The van der Waals surface area contributed by atoms with E-state index in [4.69, 9.17) is 17.3 Å². The molecule has 1 amide bonds. The minimum absolute atomic E-state index is 0.00169. The number of benzene rings is 1. The highest BCUT2D eigenvalue weighted by atomic mass is 35.5. The summed E-state index contributed by atoms with van der Waals surface area (Å²) >= 11 is 5.72. The van der Waals surface area contributed by atoms with Crippen molar-refractivity contribution >= 4 is 34.5 Å². The molecule has 7 heteroatoms. The minimum Gasteiger partial charge on any atom is -0.369 e. The Hall–Kier alpha value is -1.82. The first-order chi connectivity index (χ1) is 9.88. The second-order valence-electron chi connectivity index (χ2n) is 5.32. The molecule has 1 aromatic carbocycles. The van der Waals surface area contributed by atoms with E-state index in [1.807, 2.05) is 13.8 Å². The van der Waals surface area contributed by atoms with Gasteiger partial charge in [0.15, 0.2) is 0 Å². The summed E-state index contributed by atoms with van der Waals surface area (Å²) in [4.78, 5) is 15.9. The summed E-state index contributed by atoms with van der Waals surface area (Å²) in [6.07, 6.45) is 0.257. The van der Waals surface area contributed by atoms with Crippen molar-refractivity contribution in [2.45, 2.75) is 26.8 Å². The molecule has 0 saturated carbocycles. The van der Waals surface area contributed by atoms with Crippen LogP contribution in [0.2, 0.25) is 5.02 Å². The van der Waals surface area contributed by atoms with E-state index >= 15 is 0 Å². The molecular weight excluding hydrogens is 295 g/mol. The van der Waals surface area contributed by atoms with Crippen LogP contribution in [0.1, 0.15) is 20.3 Å². The van der Waals surface area contributed by atoms with Crippen molar-refractivity contribution in [1.82, 2.24) is 14.9 Å². The molecule has 5 nitrogen and oxygen atoms in total. The van der Waals surface area contributed by atoms with Crippen LogP contribution in [0.5, 0.6) is 0 Å². The lowest BCUT2D eigenvalue weighted by molar-refractivity contribution is -0.121. The number of amides is 1. The van der Waals surface area contributed by atoms with Crippen LogP contribution >= 0.6 is 11.6 Å². The number of rotatable bonds is 5. The van der Waals surface area contributed by atoms with Crippen LogP contribution in [0.3, 0.4) is 0 Å². The molecule has 1 aromatic heterocycles. The standard InChI is InChI=1S/C14H18ClFN4O/c1-8(2)7-18-13(21)3-4-20-12-6-10(16)9(15)5-11(12)19-14(20)17/h5-6,8H,3-4,7H2,1-2H3,(H2,17,19)(H,18,21). The van der Waals surface area contributed by atoms with Crippen LogP contribution in [0.15, 0.2) is 12.1 Å². The van der Waals surface area contributed by atoms with Gasteiger partial charge in [-0.2, -0.15) is 0 Å². The molecule has 0 aliphatic heterocycles. The van der Waals surface area contributed by atoms with Crippen molar-refractivity contribution in [1.29, 1.82) is 0 Å². The number of carbonyl (C=O) groups is 1. The molecule has 0 spiro atoms. The Balaban J connectivity index is 2.13. The molecule has 2 aromatic rings. The Morgan fingerprint density at radius 3 is 2.90 bits per heavy atom. The van der Waals surface area contributed by atoms with Crippen molar-refractivity contribution in [3.63, 3.8) is 0 Å². The van der Waals surface area contributed by atoms with Gasteiger partial charge in [-0.3, -0.25) is 4.79 Å². The van der Waals surface area contributed by atoms with Gasteiger partial charge < -0.3 is 15.6 Å². The Labute approximate surface area is 127 Å². The molecule has 1 heterocycles. The first-order valence-corrected chi connectivity index (χ1v) is 7.13. The van der Waals surface area contributed by atoms with Crippen LogP contribution < -0.4 is 11.1 Å². The number of aromatic nitrogens is 2. The summed E-state index contributed by atoms with van der Waals surface area (Å²) in [7, 11) is 0. The minimum atomic E-state index is -0.533. The van der Waals surface area contributed by atoms with E-state index in [0.717, 1.165) is 0 Å². The van der Waals surface area contributed by atoms with Gasteiger partial charge in [0.05, 0.1) is 16.1 Å². The Morgan fingerprint density at radius 1 is 1.52 bits per heavy atom. The molecular formula is C14H18ClFN4O. The third-order valence-corrected chi connectivity index (χ3v) is 3.38. The Morgan fingerprint density at radius 2 is 2.24 bits per heavy atom. The van der Waals surface area contributed by atoms with E-state index in [1.165, 1.54) is 12.1 Å². The van der Waals surface area contributed by atoms with Crippen molar-refractivity contribution in [3.8, 4) is 0 Å². The van der Waals surface area contributed by atoms with Gasteiger partial charge in [-0.05, 0) is 12.0 Å². The van der Waals surface area contributed by atoms with Gasteiger partial charge in [-0.15, -0.1) is 0 Å². The van der Waals surface area contributed by atoms with Gasteiger partial charge in [0.1, 0.15) is 5.82 Å². The summed E-state index contributed by atoms with van der Waals surface area (Å²) in [5, 5.41) is 2.83. The summed E-state index contributed by atoms with van der Waals surface area (Å²) < 4.78 is 15.2. The maximum Gasteiger partial charge on any atom is 0.221 e. The fraction of sp³-hybridized carbons (Fsp3) is 0.429. The summed E-state index contributed by atoms with van der Waals surface area (Å²) in [5.74, 6) is 0.0293. The number of carbonyl (C=O) groups excluding carboxylic acids is 1. The smallest absolute Gasteiger partial charge is 0.221 e. The normalized spacial score (nSPS) is 11.3. The molecule has 114 valence electrons. The zero-order chi connectivity index (χ0) is 15.6. The number of nitrogen functional groups attached to an aromatic ring is 1. The van der Waals surface area contributed by atoms with Crippen LogP contribution in [0.25, 0.3) is 11.0 Å². The second-order valence-corrected chi connectivity index (χ2v) is 5.73. The molecule has 0 radical (unpaired) electrons. The summed E-state index contributed by atoms with van der Waals surface area (Å²) in [6, 6.07) is 2.71. The van der Waals surface area contributed by atoms with E-state index < -0.39 is 5.82 Å². The summed E-state index contributed by atoms with van der Waals surface area (Å²) in [5.41, 5.74) is 6.87. The highest BCUT2D eigenvalue weighted by molar-refractivity contribution is 6.31. The van der Waals surface area contributed by atoms with Gasteiger partial charge in [-0.1, -0.05) is 25.4 Å². The average molecular weight is 313 g/mol. The lowest BCUT2D eigenvalue weighted by atomic mass is 10.2. The second kappa shape index (κ2) is 6.30. The van der Waals surface area contributed by atoms with Crippen LogP contribution in [0, 0.1) is 11.7 Å². The monoisotopic (exact) mass is 312 g/mol. The zero-order valence-corrected chi connectivity index (χ0v) is 12.7. The zero-order valence-electron chi connectivity index (χ0n) is 12.0. The predicted octanol–water partition coefficient (Wildman–Crippen LogP) is 2.57. The van der Waals surface area contributed by atoms with Crippen LogP contribution in [-0.4, -0.2) is 22.0 Å². The molecule has 0 aliphatic carbocycles. The Kier molecular flexibility index (Phi) is 4.67. The molecule has 0 atom stereocenters. The Bertz CT molecular complexity index is 669. The molecule has 0 aliphatic rings. The third kappa shape index (κ3) is 3.64. The van der Waals surface area contributed by atoms with Crippen LogP contribution in [0.4, 0.5) is 10.3 Å². The number of halogens is 2. The number of anilines is 1. The fourth-order valence-electron chi connectivity index (χ4n) is 1.99. The van der Waals surface area contributed by atoms with E-state index in [1.54, 1.807) is 4.57 Å². The molecule has 0 saturated heterocycles. The van der Waals surface area contributed by atoms with Crippen molar-refractivity contribution in [2.75, 3.05) is 12.3 Å². The average Bonchev–Trinajstić information content (AvgIpc) is 2.70. The van der Waals surface area contributed by atoms with Gasteiger partial charge >= 0.3 is 0 Å². The van der Waals surface area contributed by atoms with Crippen molar-refractivity contribution in [2.24, 2.45) is 5.92 Å². The number of imidazole rings is 1. The molecule has 0 bridgehead atoms. The number of nitrogens with two attached hydrogens (primary N) is 1. The van der Waals surface area contributed by atoms with E-state index in [9.17, 15) is 9.18 Å². The summed E-state index contributed by atoms with van der Waals surface area (Å²) in [6.45, 7) is 5.01. The number of aryl methyl sites for hydroxylation is 1. The maximum atomic E-state index is 13.6. The van der Waals surface area contributed by atoms with E-state index in [-0.39, 0.29) is 23.3 Å². The van der Waals surface area contributed by atoms with Gasteiger partial charge in [0.2, 0.25) is 11.9 Å². The van der Waals surface area contributed by atoms with E-state index in [0.29, 0.717) is 30.0 Å². The number of hydrogen-bond donors (Lipinski definition) is 2. The third-order valence-electron chi connectivity index (χ3n) is 3.09. The molecule has 0 unspecified atom stereocenters. The van der Waals surface area contributed by atoms with Gasteiger partial charge in [0.25, 0.3) is 0 Å². The SMILES string of the molecule is CC(C)CNC(=O)CCn1c(N)nc2cc(Cl)c(F)cc21. The quantitative estimate of drug-likeness (QED) is 0.891. The maximum absolute atomic E-state index is 13.6. The highest BCUT2D eigenvalue weighted by Gasteiger charge is 2.13. The first-order valence-electron chi connectivity index (χ1n) is 6.76. The number of nitrogens with one attached hydrogen (secondary N) is 1. The lowest BCUT2D eigenvalue weighted by Gasteiger charge is -2.09. The number of nitrogens with zero attached hydrogens (tertiary/aromatic N) is 2. The topological polar surface area (TPSA) is 72.9 Å². The number of hydrogen-bond acceptors (Lipinski definition) is 3. The van der Waals surface area contributed by atoms with Crippen molar-refractivity contribution < 1.29 is 9.18 Å². The predicted molar refractivity (Wildman–Crippen MR) is 81.6 cm³/mol. The van der Waals surface area contributed by atoms with Crippen LogP contribution in [-0.2, 0) is 11.3 Å². The number of fused-ring (bicyclic) bond motifs is 1. The first kappa shape index (κ1) is 15.6.